The second kappa shape index (κ2) is 18.1. The maximum absolute atomic E-state index is 12.4. The lowest BCUT2D eigenvalue weighted by Gasteiger charge is -2.19. The van der Waals surface area contributed by atoms with Gasteiger partial charge in [0.25, 0.3) is 0 Å². The second-order valence-corrected chi connectivity index (χ2v) is 9.10. The predicted molar refractivity (Wildman–Crippen MR) is 117 cm³/mol. The maximum atomic E-state index is 12.4. The molecule has 0 bridgehead atoms. The molecule has 0 spiro atoms. The Morgan fingerprint density at radius 2 is 1.24 bits per heavy atom. The summed E-state index contributed by atoms with van der Waals surface area (Å²) >= 11 is 0. The third-order valence-electron chi connectivity index (χ3n) is 5.21. The summed E-state index contributed by atoms with van der Waals surface area (Å²) in [6.45, 7) is 6.70. The van der Waals surface area contributed by atoms with Gasteiger partial charge in [0.05, 0.1) is 6.61 Å². The summed E-state index contributed by atoms with van der Waals surface area (Å²) in [4.78, 5) is 12.4. The summed E-state index contributed by atoms with van der Waals surface area (Å²) in [7, 11) is -4.69. The van der Waals surface area contributed by atoms with Crippen LogP contribution in [0.2, 0.25) is 0 Å². The van der Waals surface area contributed by atoms with E-state index in [0.717, 1.165) is 51.4 Å². The van der Waals surface area contributed by atoms with E-state index >= 15 is 0 Å². The Hall–Kier alpha value is -0.660. The van der Waals surface area contributed by atoms with Crippen LogP contribution in [-0.4, -0.2) is 31.7 Å². The van der Waals surface area contributed by atoms with Gasteiger partial charge in [0, 0.05) is 0 Å². The highest BCUT2D eigenvalue weighted by Gasteiger charge is 2.27. The monoisotopic (exact) mass is 436 g/mol. The number of hydrogen-bond acceptors (Lipinski definition) is 5. The van der Waals surface area contributed by atoms with E-state index in [9.17, 15) is 13.2 Å². The molecule has 6 nitrogen and oxygen atoms in total. The summed E-state index contributed by atoms with van der Waals surface area (Å²) in [6.07, 6.45) is 14.1. The minimum atomic E-state index is -4.69. The smallest absolute Gasteiger partial charge is 0.398 e. The molecular weight excluding hydrogens is 392 g/mol. The molecule has 0 aromatic rings. The first-order valence-electron chi connectivity index (χ1n) is 11.7. The van der Waals surface area contributed by atoms with Gasteiger partial charge in [0.1, 0.15) is 0 Å². The first-order chi connectivity index (χ1) is 13.8. The van der Waals surface area contributed by atoms with Gasteiger partial charge in [-0.3, -0.25) is 4.55 Å². The molecular formula is C22H44O6S. The van der Waals surface area contributed by atoms with Crippen molar-refractivity contribution in [3.63, 3.8) is 0 Å². The topological polar surface area (TPSA) is 89.9 Å². The Balaban J connectivity index is 4.52. The van der Waals surface area contributed by atoms with Crippen LogP contribution in [0.25, 0.3) is 0 Å². The van der Waals surface area contributed by atoms with E-state index in [4.69, 9.17) is 9.29 Å². The highest BCUT2D eigenvalue weighted by Crippen LogP contribution is 2.20. The number of carbonyl (C=O) groups excluding carboxylic acids is 1. The summed E-state index contributed by atoms with van der Waals surface area (Å²) in [6, 6.07) is 0. The van der Waals surface area contributed by atoms with Gasteiger partial charge >= 0.3 is 16.4 Å². The molecule has 2 atom stereocenters. The average Bonchev–Trinajstić information content (AvgIpc) is 2.67. The third kappa shape index (κ3) is 17.9. The molecule has 0 aliphatic heterocycles. The molecule has 0 fully saturated rings. The standard InChI is InChI=1S/C22H44O6S/c1-4-7-10-12-13-14-17-20(16-9-6-3)19-27-22(23)21(28-29(24,25)26)18-15-11-8-5-2/h20-21H,4-19H2,1-3H3,(H,24,25,26). The molecule has 0 aliphatic carbocycles. The minimum absolute atomic E-state index is 0.232. The Morgan fingerprint density at radius 1 is 0.759 bits per heavy atom. The second-order valence-electron chi connectivity index (χ2n) is 8.06. The van der Waals surface area contributed by atoms with Crippen LogP contribution in [0, 0.1) is 5.92 Å². The highest BCUT2D eigenvalue weighted by atomic mass is 32.3. The van der Waals surface area contributed by atoms with Gasteiger partial charge in [-0.05, 0) is 25.2 Å². The lowest BCUT2D eigenvalue weighted by Crippen LogP contribution is -2.30. The number of hydrogen-bond donors (Lipinski definition) is 1. The van der Waals surface area contributed by atoms with E-state index in [1.807, 2.05) is 0 Å². The summed E-state index contributed by atoms with van der Waals surface area (Å²) < 4.78 is 41.2. The number of unbranched alkanes of at least 4 members (excludes halogenated alkanes) is 9. The molecule has 0 radical (unpaired) electrons. The maximum Gasteiger partial charge on any atom is 0.398 e. The summed E-state index contributed by atoms with van der Waals surface area (Å²) in [5.74, 6) is -0.403. The lowest BCUT2D eigenvalue weighted by atomic mass is 9.95. The molecule has 0 saturated heterocycles. The first-order valence-corrected chi connectivity index (χ1v) is 13.0. The summed E-state index contributed by atoms with van der Waals surface area (Å²) in [5.41, 5.74) is 0. The predicted octanol–water partition coefficient (Wildman–Crippen LogP) is 6.25. The number of rotatable bonds is 20. The fourth-order valence-electron chi connectivity index (χ4n) is 3.42. The number of ether oxygens (including phenoxy) is 1. The fourth-order valence-corrected chi connectivity index (χ4v) is 3.89. The largest absolute Gasteiger partial charge is 0.463 e. The zero-order valence-corrected chi connectivity index (χ0v) is 19.7. The normalized spacial score (nSPS) is 13.9. The Kier molecular flexibility index (Phi) is 17.7. The number of esters is 1. The molecule has 29 heavy (non-hydrogen) atoms. The van der Waals surface area contributed by atoms with Crippen LogP contribution in [0.15, 0.2) is 0 Å². The zero-order chi connectivity index (χ0) is 22.0. The molecule has 7 heteroatoms. The quantitative estimate of drug-likeness (QED) is 0.138. The van der Waals surface area contributed by atoms with Crippen molar-refractivity contribution in [3.05, 3.63) is 0 Å². The van der Waals surface area contributed by atoms with Gasteiger partial charge in [0.15, 0.2) is 6.10 Å². The van der Waals surface area contributed by atoms with Crippen molar-refractivity contribution in [2.24, 2.45) is 5.92 Å². The highest BCUT2D eigenvalue weighted by molar-refractivity contribution is 7.80. The van der Waals surface area contributed by atoms with Crippen LogP contribution in [0.3, 0.4) is 0 Å². The summed E-state index contributed by atoms with van der Waals surface area (Å²) in [5, 5.41) is 0. The van der Waals surface area contributed by atoms with Crippen LogP contribution >= 0.6 is 0 Å². The zero-order valence-electron chi connectivity index (χ0n) is 18.9. The third-order valence-corrected chi connectivity index (χ3v) is 5.69. The van der Waals surface area contributed by atoms with E-state index in [2.05, 4.69) is 25.0 Å². The molecule has 0 heterocycles. The molecule has 1 N–H and O–H groups in total. The first kappa shape index (κ1) is 28.3. The van der Waals surface area contributed by atoms with Gasteiger partial charge < -0.3 is 4.74 Å². The van der Waals surface area contributed by atoms with Crippen LogP contribution in [0.4, 0.5) is 0 Å². The molecule has 0 aromatic heterocycles. The van der Waals surface area contributed by atoms with Gasteiger partial charge in [-0.1, -0.05) is 97.8 Å². The van der Waals surface area contributed by atoms with E-state index in [-0.39, 0.29) is 18.9 Å². The van der Waals surface area contributed by atoms with E-state index in [1.165, 1.54) is 32.1 Å². The fraction of sp³-hybridized carbons (Fsp3) is 0.955. The van der Waals surface area contributed by atoms with Gasteiger partial charge in [0.2, 0.25) is 0 Å². The molecule has 0 amide bonds. The molecule has 0 rings (SSSR count). The molecule has 0 saturated carbocycles. The van der Waals surface area contributed by atoms with Crippen molar-refractivity contribution in [2.45, 2.75) is 123 Å². The van der Waals surface area contributed by atoms with Crippen molar-refractivity contribution in [1.29, 1.82) is 0 Å². The van der Waals surface area contributed by atoms with Crippen molar-refractivity contribution in [3.8, 4) is 0 Å². The van der Waals surface area contributed by atoms with Crippen LogP contribution < -0.4 is 0 Å². The Labute approximate surface area is 179 Å². The average molecular weight is 437 g/mol. The SMILES string of the molecule is CCCCCCCCC(CCCC)COC(=O)C(CCCCCC)OS(=O)(=O)O. The van der Waals surface area contributed by atoms with Crippen molar-refractivity contribution in [2.75, 3.05) is 6.61 Å². The van der Waals surface area contributed by atoms with Crippen molar-refractivity contribution >= 4 is 16.4 Å². The Bertz CT molecular complexity index is 492. The van der Waals surface area contributed by atoms with E-state index in [1.54, 1.807) is 0 Å². The van der Waals surface area contributed by atoms with E-state index < -0.39 is 22.5 Å². The number of carbonyl (C=O) groups is 1. The van der Waals surface area contributed by atoms with Gasteiger partial charge in [-0.2, -0.15) is 8.42 Å². The van der Waals surface area contributed by atoms with Gasteiger partial charge in [-0.25, -0.2) is 8.98 Å². The van der Waals surface area contributed by atoms with Crippen molar-refractivity contribution in [1.82, 2.24) is 0 Å². The van der Waals surface area contributed by atoms with Crippen LogP contribution in [0.5, 0.6) is 0 Å². The lowest BCUT2D eigenvalue weighted by molar-refractivity contribution is -0.154. The minimum Gasteiger partial charge on any atom is -0.463 e. The van der Waals surface area contributed by atoms with Gasteiger partial charge in [-0.15, -0.1) is 0 Å². The Morgan fingerprint density at radius 3 is 1.83 bits per heavy atom. The van der Waals surface area contributed by atoms with Crippen molar-refractivity contribution < 1.29 is 26.7 Å². The molecule has 2 unspecified atom stereocenters. The molecule has 0 aromatic carbocycles. The van der Waals surface area contributed by atoms with Crippen LogP contribution in [-0.2, 0) is 24.1 Å². The molecule has 174 valence electrons. The van der Waals surface area contributed by atoms with Crippen LogP contribution in [0.1, 0.15) is 117 Å². The van der Waals surface area contributed by atoms with E-state index in [0.29, 0.717) is 6.42 Å². The molecule has 0 aliphatic rings.